The number of benzene rings is 2. The second-order valence-electron chi connectivity index (χ2n) is 6.99. The van der Waals surface area contributed by atoms with E-state index in [9.17, 15) is 14.7 Å². The topological polar surface area (TPSA) is 78.9 Å². The summed E-state index contributed by atoms with van der Waals surface area (Å²) in [6.07, 6.45) is 0. The van der Waals surface area contributed by atoms with Crippen LogP contribution in [0.3, 0.4) is 0 Å². The summed E-state index contributed by atoms with van der Waals surface area (Å²) in [5.74, 6) is -0.375. The van der Waals surface area contributed by atoms with Gasteiger partial charge in [-0.2, -0.15) is 0 Å². The van der Waals surface area contributed by atoms with Crippen LogP contribution in [0.5, 0.6) is 0 Å². The highest BCUT2D eigenvalue weighted by molar-refractivity contribution is 5.78. The predicted octanol–water partition coefficient (Wildman–Crippen LogP) is 1.79. The Morgan fingerprint density at radius 2 is 1.68 bits per heavy atom. The van der Waals surface area contributed by atoms with E-state index in [0.717, 1.165) is 16.7 Å². The van der Waals surface area contributed by atoms with Crippen molar-refractivity contribution < 1.29 is 19.4 Å². The van der Waals surface area contributed by atoms with Crippen molar-refractivity contribution in [2.24, 2.45) is 0 Å². The largest absolute Gasteiger partial charge is 0.394 e. The monoisotopic (exact) mass is 382 g/mol. The molecule has 0 saturated carbocycles. The maximum atomic E-state index is 12.1. The molecule has 0 aliphatic carbocycles. The molecule has 28 heavy (non-hydrogen) atoms. The normalized spacial score (nSPS) is 21.1. The van der Waals surface area contributed by atoms with Crippen molar-refractivity contribution in [2.45, 2.75) is 24.9 Å². The first-order chi connectivity index (χ1) is 13.6. The molecule has 148 valence electrons. The van der Waals surface area contributed by atoms with E-state index >= 15 is 0 Å². The highest BCUT2D eigenvalue weighted by Gasteiger charge is 2.49. The molecule has 1 aliphatic rings. The van der Waals surface area contributed by atoms with Crippen LogP contribution >= 0.6 is 0 Å². The van der Waals surface area contributed by atoms with Crippen LogP contribution in [0.2, 0.25) is 0 Å². The summed E-state index contributed by atoms with van der Waals surface area (Å²) in [4.78, 5) is 25.5. The van der Waals surface area contributed by atoms with Gasteiger partial charge in [0.05, 0.1) is 18.7 Å². The van der Waals surface area contributed by atoms with Crippen molar-refractivity contribution in [3.8, 4) is 11.1 Å². The molecule has 3 rings (SSSR count). The number of ether oxygens (including phenoxy) is 1. The summed E-state index contributed by atoms with van der Waals surface area (Å²) in [5, 5.41) is 12.7. The van der Waals surface area contributed by atoms with Gasteiger partial charge in [-0.3, -0.25) is 9.59 Å². The summed E-state index contributed by atoms with van der Waals surface area (Å²) < 4.78 is 4.84. The second kappa shape index (κ2) is 8.99. The van der Waals surface area contributed by atoms with E-state index in [4.69, 9.17) is 4.74 Å². The minimum atomic E-state index is -0.288. The van der Waals surface area contributed by atoms with Crippen molar-refractivity contribution >= 4 is 11.8 Å². The number of methoxy groups -OCH3 is 1. The molecule has 0 bridgehead atoms. The van der Waals surface area contributed by atoms with E-state index in [0.29, 0.717) is 6.54 Å². The van der Waals surface area contributed by atoms with Crippen LogP contribution in [0, 0.1) is 0 Å². The van der Waals surface area contributed by atoms with Gasteiger partial charge in [-0.1, -0.05) is 54.6 Å². The molecule has 0 unspecified atom stereocenters. The first-order valence-corrected chi connectivity index (χ1v) is 9.37. The number of nitrogens with zero attached hydrogens (tertiary/aromatic N) is 1. The molecule has 1 fully saturated rings. The highest BCUT2D eigenvalue weighted by Crippen LogP contribution is 2.41. The lowest BCUT2D eigenvalue weighted by Gasteiger charge is -2.54. The number of carbonyl (C=O) groups excluding carboxylic acids is 2. The number of hydrogen-bond acceptors (Lipinski definition) is 4. The van der Waals surface area contributed by atoms with Gasteiger partial charge in [-0.25, -0.2) is 0 Å². The van der Waals surface area contributed by atoms with E-state index in [-0.39, 0.29) is 43.0 Å². The average molecular weight is 382 g/mol. The highest BCUT2D eigenvalue weighted by atomic mass is 16.5. The first kappa shape index (κ1) is 20.0. The zero-order valence-corrected chi connectivity index (χ0v) is 16.2. The molecule has 0 aromatic heterocycles. The Kier molecular flexibility index (Phi) is 6.44. The third-order valence-electron chi connectivity index (χ3n) is 5.28. The molecule has 2 N–H and O–H groups in total. The Balaban J connectivity index is 1.80. The molecule has 0 spiro atoms. The molecule has 2 aromatic rings. The van der Waals surface area contributed by atoms with E-state index < -0.39 is 0 Å². The molecule has 1 aliphatic heterocycles. The van der Waals surface area contributed by atoms with Gasteiger partial charge >= 0.3 is 0 Å². The fraction of sp³-hybridized carbons (Fsp3) is 0.364. The van der Waals surface area contributed by atoms with Gasteiger partial charge in [0.1, 0.15) is 6.61 Å². The maximum Gasteiger partial charge on any atom is 0.246 e. The maximum absolute atomic E-state index is 12.1. The van der Waals surface area contributed by atoms with Crippen LogP contribution in [0.25, 0.3) is 11.1 Å². The van der Waals surface area contributed by atoms with Gasteiger partial charge in [-0.05, 0) is 16.7 Å². The number of aliphatic hydroxyl groups excluding tert-OH is 1. The van der Waals surface area contributed by atoms with Gasteiger partial charge in [0.2, 0.25) is 11.8 Å². The van der Waals surface area contributed by atoms with Crippen LogP contribution < -0.4 is 5.32 Å². The van der Waals surface area contributed by atoms with Crippen molar-refractivity contribution in [3.05, 3.63) is 60.2 Å². The van der Waals surface area contributed by atoms with E-state index in [1.54, 1.807) is 4.90 Å². The molecular weight excluding hydrogens is 356 g/mol. The molecule has 0 radical (unpaired) electrons. The van der Waals surface area contributed by atoms with Crippen LogP contribution in [0.15, 0.2) is 54.6 Å². The summed E-state index contributed by atoms with van der Waals surface area (Å²) in [6, 6.07) is 17.8. The van der Waals surface area contributed by atoms with Crippen molar-refractivity contribution in [1.82, 2.24) is 10.2 Å². The molecule has 3 atom stereocenters. The quantitative estimate of drug-likeness (QED) is 0.765. The summed E-state index contributed by atoms with van der Waals surface area (Å²) in [6.45, 7) is 1.67. The molecular formula is C22H26N2O4. The lowest BCUT2D eigenvalue weighted by molar-refractivity contribution is -0.148. The lowest BCUT2D eigenvalue weighted by atomic mass is 9.74. The third-order valence-corrected chi connectivity index (χ3v) is 5.28. The smallest absolute Gasteiger partial charge is 0.246 e. The van der Waals surface area contributed by atoms with Crippen molar-refractivity contribution in [3.63, 3.8) is 0 Å². The Labute approximate surface area is 165 Å². The zero-order valence-electron chi connectivity index (χ0n) is 16.2. The number of hydrogen-bond donors (Lipinski definition) is 2. The number of nitrogens with one attached hydrogen (secondary N) is 1. The molecule has 2 aromatic carbocycles. The Bertz CT molecular complexity index is 807. The zero-order chi connectivity index (χ0) is 20.1. The number of rotatable bonds is 7. The molecule has 6 nitrogen and oxygen atoms in total. The SMILES string of the molecule is COCC(=O)NC[C@@H]1[C@@H](c2ccc(-c3ccccc3)cc2)[C@@H](CO)N1C(C)=O. The Morgan fingerprint density at radius 3 is 2.25 bits per heavy atom. The molecule has 1 saturated heterocycles. The van der Waals surface area contributed by atoms with Gasteiger partial charge in [0, 0.05) is 26.5 Å². The van der Waals surface area contributed by atoms with Crippen molar-refractivity contribution in [1.29, 1.82) is 0 Å². The minimum absolute atomic E-state index is 0.0212. The lowest BCUT2D eigenvalue weighted by Crippen LogP contribution is -2.68. The fourth-order valence-corrected chi connectivity index (χ4v) is 4.01. The summed E-state index contributed by atoms with van der Waals surface area (Å²) in [7, 11) is 1.46. The third kappa shape index (κ3) is 4.08. The van der Waals surface area contributed by atoms with Gasteiger partial charge in [0.15, 0.2) is 0 Å². The Morgan fingerprint density at radius 1 is 1.04 bits per heavy atom. The second-order valence-corrected chi connectivity index (χ2v) is 6.99. The summed E-state index contributed by atoms with van der Waals surface area (Å²) >= 11 is 0. The fourth-order valence-electron chi connectivity index (χ4n) is 4.01. The van der Waals surface area contributed by atoms with E-state index in [2.05, 4.69) is 29.6 Å². The molecule has 6 heteroatoms. The molecule has 2 amide bonds. The van der Waals surface area contributed by atoms with Gasteiger partial charge in [0.25, 0.3) is 0 Å². The number of likely N-dealkylation sites (tertiary alicyclic amines) is 1. The number of carbonyl (C=O) groups is 2. The van der Waals surface area contributed by atoms with E-state index in [1.165, 1.54) is 14.0 Å². The van der Waals surface area contributed by atoms with Crippen LogP contribution in [-0.4, -0.2) is 60.8 Å². The average Bonchev–Trinajstić information content (AvgIpc) is 2.68. The number of aliphatic hydroxyl groups is 1. The van der Waals surface area contributed by atoms with Crippen molar-refractivity contribution in [2.75, 3.05) is 26.9 Å². The first-order valence-electron chi connectivity index (χ1n) is 9.37. The molecule has 1 heterocycles. The van der Waals surface area contributed by atoms with Crippen LogP contribution in [-0.2, 0) is 14.3 Å². The standard InChI is InChI=1S/C22H26N2O4/c1-15(26)24-19(12-23-21(27)14-28-2)22(20(24)13-25)18-10-8-17(9-11-18)16-6-4-3-5-7-16/h3-11,19-20,22,25H,12-14H2,1-2H3,(H,23,27)/t19-,20-,22-/m1/s1. The van der Waals surface area contributed by atoms with Gasteiger partial charge < -0.3 is 20.1 Å². The summed E-state index contributed by atoms with van der Waals surface area (Å²) in [5.41, 5.74) is 3.29. The van der Waals surface area contributed by atoms with E-state index in [1.807, 2.05) is 30.3 Å². The van der Waals surface area contributed by atoms with Crippen LogP contribution in [0.1, 0.15) is 18.4 Å². The number of amides is 2. The van der Waals surface area contributed by atoms with Gasteiger partial charge in [-0.15, -0.1) is 0 Å². The van der Waals surface area contributed by atoms with Crippen LogP contribution in [0.4, 0.5) is 0 Å². The minimum Gasteiger partial charge on any atom is -0.394 e. The predicted molar refractivity (Wildman–Crippen MR) is 107 cm³/mol. The Hall–Kier alpha value is -2.70.